The highest BCUT2D eigenvalue weighted by Gasteiger charge is 2.44. The molecule has 0 spiro atoms. The molecule has 2 N–H and O–H groups in total. The van der Waals surface area contributed by atoms with Gasteiger partial charge in [-0.25, -0.2) is 0 Å². The second kappa shape index (κ2) is 17.1. The van der Waals surface area contributed by atoms with Gasteiger partial charge in [0.05, 0.1) is 18.8 Å². The lowest BCUT2D eigenvalue weighted by atomic mass is 9.79. The Hall–Kier alpha value is -3.94. The Kier molecular flexibility index (Phi) is 13.3. The van der Waals surface area contributed by atoms with Gasteiger partial charge in [-0.1, -0.05) is 53.7 Å². The number of phenols is 2. The largest absolute Gasteiger partial charge is 0.504 e. The fourth-order valence-electron chi connectivity index (χ4n) is 6.37. The zero-order valence-corrected chi connectivity index (χ0v) is 31.2. The molecule has 13 nitrogen and oxygen atoms in total. The molecule has 51 heavy (non-hydrogen) atoms. The number of rotatable bonds is 10. The van der Waals surface area contributed by atoms with E-state index in [1.165, 1.54) is 19.9 Å². The number of phenolic OH excluding ortho intramolecular Hbond substituents is 2. The van der Waals surface area contributed by atoms with E-state index in [9.17, 15) is 19.8 Å². The van der Waals surface area contributed by atoms with Crippen LogP contribution in [-0.2, 0) is 33.3 Å². The fraction of sp³-hybridized carbons (Fsp3) is 0.632. The minimum atomic E-state index is -1.17. The summed E-state index contributed by atoms with van der Waals surface area (Å²) in [6.45, 7) is 19.7. The highest BCUT2D eigenvalue weighted by Crippen LogP contribution is 2.48. The smallest absolute Gasteiger partial charge is 0.369 e. The van der Waals surface area contributed by atoms with E-state index in [0.29, 0.717) is 29.8 Å². The van der Waals surface area contributed by atoms with Crippen molar-refractivity contribution in [3.8, 4) is 34.5 Å². The van der Waals surface area contributed by atoms with E-state index in [1.807, 2.05) is 32.0 Å². The van der Waals surface area contributed by atoms with Crippen LogP contribution in [0.5, 0.6) is 34.5 Å². The number of ether oxygens (including phenoxy) is 9. The molecule has 0 radical (unpaired) electrons. The first kappa shape index (κ1) is 39.8. The van der Waals surface area contributed by atoms with E-state index in [0.717, 1.165) is 0 Å². The summed E-state index contributed by atoms with van der Waals surface area (Å²) in [5.41, 5.74) is 0. The van der Waals surface area contributed by atoms with E-state index < -0.39 is 18.6 Å². The van der Waals surface area contributed by atoms with Gasteiger partial charge in [0.15, 0.2) is 23.0 Å². The van der Waals surface area contributed by atoms with E-state index in [-0.39, 0.29) is 84.2 Å². The van der Waals surface area contributed by atoms with Crippen LogP contribution in [0.25, 0.3) is 0 Å². The number of carbonyl (C=O) groups excluding carboxylic acids is 2. The van der Waals surface area contributed by atoms with Gasteiger partial charge in [0.1, 0.15) is 13.2 Å². The summed E-state index contributed by atoms with van der Waals surface area (Å²) in [5.74, 6) is 0.586. The van der Waals surface area contributed by atoms with Gasteiger partial charge in [0, 0.05) is 32.6 Å². The molecule has 0 bridgehead atoms. The van der Waals surface area contributed by atoms with E-state index in [4.69, 9.17) is 42.6 Å². The van der Waals surface area contributed by atoms with Crippen LogP contribution in [0.1, 0.15) is 69.2 Å². The first-order chi connectivity index (χ1) is 24.0. The summed E-state index contributed by atoms with van der Waals surface area (Å²) in [5, 5.41) is 19.4. The van der Waals surface area contributed by atoms with Crippen molar-refractivity contribution < 1.29 is 62.4 Å². The molecule has 0 saturated carbocycles. The molecule has 0 aliphatic carbocycles. The highest BCUT2D eigenvalue weighted by molar-refractivity contribution is 5.66. The van der Waals surface area contributed by atoms with Gasteiger partial charge in [0.2, 0.25) is 24.1 Å². The van der Waals surface area contributed by atoms with Crippen molar-refractivity contribution >= 4 is 11.9 Å². The Labute approximate surface area is 300 Å². The van der Waals surface area contributed by atoms with Crippen molar-refractivity contribution in [3.63, 3.8) is 0 Å². The van der Waals surface area contributed by atoms with Crippen molar-refractivity contribution in [1.29, 1.82) is 0 Å². The van der Waals surface area contributed by atoms with Crippen molar-refractivity contribution in [3.05, 3.63) is 36.4 Å². The quantitative estimate of drug-likeness (QED) is 0.205. The lowest BCUT2D eigenvalue weighted by Crippen LogP contribution is -2.49. The number of carbonyl (C=O) groups is 2. The molecule has 3 aliphatic heterocycles. The van der Waals surface area contributed by atoms with E-state index in [2.05, 4.69) is 34.6 Å². The Bertz CT molecular complexity index is 1480. The van der Waals surface area contributed by atoms with Crippen LogP contribution < -0.4 is 18.9 Å². The van der Waals surface area contributed by atoms with Crippen molar-refractivity contribution in [2.75, 3.05) is 19.8 Å². The standard InChI is InChI=1S/C21H30O7.C17H24O6/c1-7-24-21(6)27-17-10-8-9-16(19(17)28-21)25-20-14(4)12(2)13(3)18(26-20)11-23-15(5)22;1-9-10(2)15(8-21-12(4)18)23-17(11(9)3)22-14-7-5-6-13(19)16(14)20/h8-10,12-14,18,20H,7,11H2,1-6H3;5-7,9-11,15,17,19-20H,8H2,1-4H3/t12-,13-,14+,18+,20+,21?;9-,10-,11+,15+,17+/m00/s1. The minimum Gasteiger partial charge on any atom is -0.504 e. The molecule has 0 amide bonds. The Morgan fingerprint density at radius 2 is 1.20 bits per heavy atom. The Morgan fingerprint density at radius 1 is 0.706 bits per heavy atom. The number of para-hydroxylation sites is 2. The summed E-state index contributed by atoms with van der Waals surface area (Å²) in [7, 11) is 0. The normalized spacial score (nSPS) is 32.6. The van der Waals surface area contributed by atoms with Crippen LogP contribution in [0.4, 0.5) is 0 Å². The molecule has 3 heterocycles. The predicted octanol–water partition coefficient (Wildman–Crippen LogP) is 6.42. The topological polar surface area (TPSA) is 158 Å². The van der Waals surface area contributed by atoms with Crippen LogP contribution in [0.2, 0.25) is 0 Å². The molecule has 13 heteroatoms. The van der Waals surface area contributed by atoms with Gasteiger partial charge >= 0.3 is 17.9 Å². The molecule has 2 aromatic carbocycles. The van der Waals surface area contributed by atoms with Gasteiger partial charge in [-0.2, -0.15) is 0 Å². The monoisotopic (exact) mass is 718 g/mol. The van der Waals surface area contributed by atoms with Gasteiger partial charge in [-0.3, -0.25) is 9.59 Å². The number of aromatic hydroxyl groups is 2. The van der Waals surface area contributed by atoms with Gasteiger partial charge in [0.25, 0.3) is 0 Å². The maximum Gasteiger partial charge on any atom is 0.369 e. The molecule has 2 fully saturated rings. The second-order valence-corrected chi connectivity index (χ2v) is 13.8. The third-order valence-corrected chi connectivity index (χ3v) is 10.3. The molecule has 2 aromatic rings. The van der Waals surface area contributed by atoms with Gasteiger partial charge in [-0.05, 0) is 54.9 Å². The molecule has 284 valence electrons. The number of fused-ring (bicyclic) bond motifs is 1. The van der Waals surface area contributed by atoms with Crippen molar-refractivity contribution in [2.24, 2.45) is 35.5 Å². The molecule has 5 rings (SSSR count). The van der Waals surface area contributed by atoms with Crippen LogP contribution in [0.3, 0.4) is 0 Å². The molecule has 0 aromatic heterocycles. The van der Waals surface area contributed by atoms with E-state index in [1.54, 1.807) is 19.1 Å². The van der Waals surface area contributed by atoms with Gasteiger partial charge < -0.3 is 52.8 Å². The first-order valence-electron chi connectivity index (χ1n) is 17.6. The SMILES string of the molecule is CC(=O)OC[C@H]1O[C@@H](Oc2cccc(O)c2O)[C@H](C)[C@@H](C)[C@@H]1C.CCOC1(C)Oc2cccc(O[C@@H]3O[C@H](COC(C)=O)[C@@H](C)[C@H](C)[C@H]3C)c2O1. The zero-order chi connectivity index (χ0) is 37.6. The maximum atomic E-state index is 11.2. The molecule has 1 unspecified atom stereocenters. The van der Waals surface area contributed by atoms with Crippen LogP contribution >= 0.6 is 0 Å². The number of hydrogen-bond acceptors (Lipinski definition) is 13. The third kappa shape index (κ3) is 9.69. The average Bonchev–Trinajstić information content (AvgIpc) is 3.43. The van der Waals surface area contributed by atoms with Crippen molar-refractivity contribution in [2.45, 2.75) is 100.0 Å². The number of esters is 2. The van der Waals surface area contributed by atoms with E-state index >= 15 is 0 Å². The fourth-order valence-corrected chi connectivity index (χ4v) is 6.37. The predicted molar refractivity (Wildman–Crippen MR) is 184 cm³/mol. The summed E-state index contributed by atoms with van der Waals surface area (Å²) in [4.78, 5) is 22.2. The molecule has 3 aliphatic rings. The second-order valence-electron chi connectivity index (χ2n) is 13.8. The Balaban J connectivity index is 0.000000233. The molecular formula is C38H54O13. The van der Waals surface area contributed by atoms with Crippen LogP contribution in [0.15, 0.2) is 36.4 Å². The zero-order valence-electron chi connectivity index (χ0n) is 31.2. The summed E-state index contributed by atoms with van der Waals surface area (Å²) in [6, 6.07) is 9.99. The first-order valence-corrected chi connectivity index (χ1v) is 17.6. The number of benzene rings is 2. The van der Waals surface area contributed by atoms with Gasteiger partial charge in [-0.15, -0.1) is 0 Å². The minimum absolute atomic E-state index is 0.0697. The molecule has 2 saturated heterocycles. The van der Waals surface area contributed by atoms with Crippen LogP contribution in [-0.4, -0.2) is 72.7 Å². The summed E-state index contributed by atoms with van der Waals surface area (Å²) < 4.78 is 51.6. The summed E-state index contributed by atoms with van der Waals surface area (Å²) >= 11 is 0. The summed E-state index contributed by atoms with van der Waals surface area (Å²) in [6.07, 6.45) is -1.62. The van der Waals surface area contributed by atoms with Crippen LogP contribution in [0, 0.1) is 35.5 Å². The molecule has 11 atom stereocenters. The maximum absolute atomic E-state index is 11.2. The van der Waals surface area contributed by atoms with Crippen molar-refractivity contribution in [1.82, 2.24) is 0 Å². The molecular weight excluding hydrogens is 664 g/mol. The Morgan fingerprint density at radius 3 is 1.71 bits per heavy atom. The average molecular weight is 719 g/mol. The lowest BCUT2D eigenvalue weighted by molar-refractivity contribution is -0.267. The highest BCUT2D eigenvalue weighted by atomic mass is 16.9. The third-order valence-electron chi connectivity index (χ3n) is 10.3. The number of hydrogen-bond donors (Lipinski definition) is 2. The lowest BCUT2D eigenvalue weighted by Gasteiger charge is -2.43.